The summed E-state index contributed by atoms with van der Waals surface area (Å²) in [5.41, 5.74) is 0. The Morgan fingerprint density at radius 2 is 1.92 bits per heavy atom. The fourth-order valence-electron chi connectivity index (χ4n) is 1.18. The molecule has 0 rings (SSSR count). The lowest BCUT2D eigenvalue weighted by Crippen LogP contribution is -2.36. The summed E-state index contributed by atoms with van der Waals surface area (Å²) in [6.07, 6.45) is 1.03. The number of carbonyl (C=O) groups is 1. The smallest absolute Gasteiger partial charge is 0.237 e. The summed E-state index contributed by atoms with van der Waals surface area (Å²) >= 11 is 5.44. The van der Waals surface area contributed by atoms with Crippen LogP contribution in [0.1, 0.15) is 27.2 Å². The molecule has 3 heteroatoms. The van der Waals surface area contributed by atoms with Gasteiger partial charge in [0.2, 0.25) is 5.91 Å². The van der Waals surface area contributed by atoms with Gasteiger partial charge in [-0.05, 0) is 19.3 Å². The van der Waals surface area contributed by atoms with Crippen molar-refractivity contribution < 1.29 is 4.79 Å². The number of hydrogen-bond acceptors (Lipinski definition) is 1. The zero-order valence-electron chi connectivity index (χ0n) is 8.30. The van der Waals surface area contributed by atoms with Gasteiger partial charge in [0.15, 0.2) is 0 Å². The molecular weight excluding hydrogens is 174 g/mol. The summed E-state index contributed by atoms with van der Waals surface area (Å²) in [6.45, 7) is 6.34. The third kappa shape index (κ3) is 3.96. The van der Waals surface area contributed by atoms with Gasteiger partial charge in [-0.25, -0.2) is 0 Å². The number of rotatable bonds is 4. The van der Waals surface area contributed by atoms with Crippen molar-refractivity contribution in [2.45, 2.75) is 33.2 Å². The molecule has 1 atom stereocenters. The van der Waals surface area contributed by atoms with Crippen LogP contribution in [0.15, 0.2) is 0 Å². The molecule has 0 aliphatic rings. The third-order valence-corrected chi connectivity index (χ3v) is 2.21. The number of amides is 1. The van der Waals surface area contributed by atoms with Crippen LogP contribution < -0.4 is 0 Å². The summed E-state index contributed by atoms with van der Waals surface area (Å²) in [5, 5.41) is 0. The topological polar surface area (TPSA) is 20.3 Å². The molecule has 0 radical (unpaired) electrons. The second-order valence-corrected chi connectivity index (χ2v) is 3.88. The number of halogens is 1. The molecule has 0 spiro atoms. The zero-order valence-corrected chi connectivity index (χ0v) is 9.06. The molecule has 2 nitrogen and oxygen atoms in total. The lowest BCUT2D eigenvalue weighted by molar-refractivity contribution is -0.129. The van der Waals surface area contributed by atoms with Gasteiger partial charge in [-0.2, -0.15) is 0 Å². The highest BCUT2D eigenvalue weighted by atomic mass is 35.5. The Morgan fingerprint density at radius 3 is 2.25 bits per heavy atom. The first-order chi connectivity index (χ1) is 5.49. The van der Waals surface area contributed by atoms with E-state index < -0.39 is 0 Å². The average molecular weight is 192 g/mol. The van der Waals surface area contributed by atoms with E-state index in [1.54, 1.807) is 11.9 Å². The van der Waals surface area contributed by atoms with Crippen molar-refractivity contribution in [1.82, 2.24) is 4.90 Å². The van der Waals surface area contributed by atoms with E-state index in [2.05, 4.69) is 13.8 Å². The molecule has 0 aromatic carbocycles. The van der Waals surface area contributed by atoms with Crippen LogP contribution in [0.4, 0.5) is 0 Å². The predicted octanol–water partition coefficient (Wildman–Crippen LogP) is 2.12. The van der Waals surface area contributed by atoms with Crippen molar-refractivity contribution in [3.05, 3.63) is 0 Å². The Bertz CT molecular complexity index is 147. The summed E-state index contributed by atoms with van der Waals surface area (Å²) in [4.78, 5) is 12.8. The van der Waals surface area contributed by atoms with E-state index in [9.17, 15) is 4.79 Å². The minimum absolute atomic E-state index is 0.00446. The van der Waals surface area contributed by atoms with Crippen molar-refractivity contribution in [1.29, 1.82) is 0 Å². The first-order valence-corrected chi connectivity index (χ1v) is 4.84. The van der Waals surface area contributed by atoms with E-state index in [-0.39, 0.29) is 17.8 Å². The number of hydrogen-bond donors (Lipinski definition) is 0. The van der Waals surface area contributed by atoms with Gasteiger partial charge in [-0.15, -0.1) is 11.6 Å². The molecule has 0 saturated carbocycles. The normalized spacial score (nSPS) is 13.2. The van der Waals surface area contributed by atoms with Crippen LogP contribution in [0.5, 0.6) is 0 Å². The van der Waals surface area contributed by atoms with Crippen molar-refractivity contribution in [2.24, 2.45) is 5.92 Å². The Hall–Kier alpha value is -0.240. The van der Waals surface area contributed by atoms with Gasteiger partial charge in [-0.1, -0.05) is 13.8 Å². The van der Waals surface area contributed by atoms with Crippen LogP contribution >= 0.6 is 11.6 Å². The van der Waals surface area contributed by atoms with Gasteiger partial charge in [0.1, 0.15) is 5.88 Å². The molecule has 0 saturated heterocycles. The Balaban J connectivity index is 3.91. The van der Waals surface area contributed by atoms with Crippen molar-refractivity contribution in [3.8, 4) is 0 Å². The van der Waals surface area contributed by atoms with Gasteiger partial charge < -0.3 is 4.90 Å². The number of alkyl halides is 1. The maximum Gasteiger partial charge on any atom is 0.237 e. The monoisotopic (exact) mass is 191 g/mol. The van der Waals surface area contributed by atoms with E-state index in [0.29, 0.717) is 5.92 Å². The van der Waals surface area contributed by atoms with Gasteiger partial charge in [0.25, 0.3) is 0 Å². The number of carbonyl (C=O) groups excluding carboxylic acids is 1. The second-order valence-electron chi connectivity index (χ2n) is 3.62. The van der Waals surface area contributed by atoms with E-state index in [4.69, 9.17) is 11.6 Å². The number of nitrogens with zero attached hydrogens (tertiary/aromatic N) is 1. The summed E-state index contributed by atoms with van der Waals surface area (Å²) in [5.74, 6) is 0.703. The molecule has 72 valence electrons. The Morgan fingerprint density at radius 1 is 1.42 bits per heavy atom. The highest BCUT2D eigenvalue weighted by Crippen LogP contribution is 2.09. The van der Waals surface area contributed by atoms with Crippen LogP contribution in [0.25, 0.3) is 0 Å². The molecule has 0 bridgehead atoms. The minimum Gasteiger partial charge on any atom is -0.342 e. The van der Waals surface area contributed by atoms with Crippen molar-refractivity contribution in [3.63, 3.8) is 0 Å². The molecular formula is C9H18ClNO. The van der Waals surface area contributed by atoms with Crippen LogP contribution in [0.2, 0.25) is 0 Å². The highest BCUT2D eigenvalue weighted by molar-refractivity contribution is 6.27. The van der Waals surface area contributed by atoms with E-state index in [0.717, 1.165) is 6.42 Å². The molecule has 1 amide bonds. The molecule has 12 heavy (non-hydrogen) atoms. The minimum atomic E-state index is 0.00446. The van der Waals surface area contributed by atoms with Crippen molar-refractivity contribution >= 4 is 17.5 Å². The lowest BCUT2D eigenvalue weighted by atomic mass is 10.0. The Labute approximate surface area is 79.9 Å². The van der Waals surface area contributed by atoms with Crippen LogP contribution in [0.3, 0.4) is 0 Å². The van der Waals surface area contributed by atoms with E-state index in [1.807, 2.05) is 6.92 Å². The average Bonchev–Trinajstić information content (AvgIpc) is 2.00. The Kier molecular flexibility index (Phi) is 5.31. The molecule has 0 unspecified atom stereocenters. The summed E-state index contributed by atoms with van der Waals surface area (Å²) < 4.78 is 0. The fourth-order valence-corrected chi connectivity index (χ4v) is 1.37. The summed E-state index contributed by atoms with van der Waals surface area (Å²) in [6, 6.07) is 0.288. The predicted molar refractivity (Wildman–Crippen MR) is 52.4 cm³/mol. The zero-order chi connectivity index (χ0) is 9.72. The maximum atomic E-state index is 11.1. The van der Waals surface area contributed by atoms with Crippen molar-refractivity contribution in [2.75, 3.05) is 12.9 Å². The van der Waals surface area contributed by atoms with Crippen LogP contribution in [0, 0.1) is 5.92 Å². The third-order valence-electron chi connectivity index (χ3n) is 1.98. The lowest BCUT2D eigenvalue weighted by Gasteiger charge is -2.25. The molecule has 0 aromatic rings. The first kappa shape index (κ1) is 11.8. The molecule has 0 aliphatic carbocycles. The molecule has 0 aliphatic heterocycles. The maximum absolute atomic E-state index is 11.1. The molecule has 0 heterocycles. The van der Waals surface area contributed by atoms with Gasteiger partial charge in [0, 0.05) is 13.1 Å². The quantitative estimate of drug-likeness (QED) is 0.624. The van der Waals surface area contributed by atoms with Crippen LogP contribution in [-0.2, 0) is 4.79 Å². The standard InChI is InChI=1S/C9H18ClNO/c1-7(2)5-8(3)11(4)9(12)6-10/h7-8H,5-6H2,1-4H3/t8-/m0/s1. The van der Waals surface area contributed by atoms with Gasteiger partial charge in [0.05, 0.1) is 0 Å². The molecule has 0 N–H and O–H groups in total. The molecule has 0 aromatic heterocycles. The highest BCUT2D eigenvalue weighted by Gasteiger charge is 2.15. The largest absolute Gasteiger partial charge is 0.342 e. The SMILES string of the molecule is CC(C)C[C@H](C)N(C)C(=O)CCl. The van der Waals surface area contributed by atoms with Gasteiger partial charge >= 0.3 is 0 Å². The first-order valence-electron chi connectivity index (χ1n) is 4.30. The van der Waals surface area contributed by atoms with Crippen LogP contribution in [-0.4, -0.2) is 29.8 Å². The van der Waals surface area contributed by atoms with Gasteiger partial charge in [-0.3, -0.25) is 4.79 Å². The second kappa shape index (κ2) is 5.41. The summed E-state index contributed by atoms with van der Waals surface area (Å²) in [7, 11) is 1.80. The van der Waals surface area contributed by atoms with E-state index >= 15 is 0 Å². The van der Waals surface area contributed by atoms with E-state index in [1.165, 1.54) is 0 Å². The molecule has 0 fully saturated rings. The fraction of sp³-hybridized carbons (Fsp3) is 0.889.